The summed E-state index contributed by atoms with van der Waals surface area (Å²) in [4.78, 5) is 12.1. The molecule has 1 aliphatic rings. The molecule has 0 unspecified atom stereocenters. The Labute approximate surface area is 117 Å². The first-order valence-corrected chi connectivity index (χ1v) is 7.63. The van der Waals surface area contributed by atoms with E-state index < -0.39 is 5.60 Å². The maximum atomic E-state index is 12.1. The molecule has 2 N–H and O–H groups in total. The van der Waals surface area contributed by atoms with Crippen molar-refractivity contribution in [1.29, 1.82) is 0 Å². The van der Waals surface area contributed by atoms with Crippen LogP contribution in [0.1, 0.15) is 33.6 Å². The fourth-order valence-electron chi connectivity index (χ4n) is 1.94. The van der Waals surface area contributed by atoms with Crippen molar-refractivity contribution in [2.45, 2.75) is 44.8 Å². The minimum absolute atomic E-state index is 0.124. The predicted octanol–water partition coefficient (Wildman–Crippen LogP) is 1.83. The molecule has 5 nitrogen and oxygen atoms in total. The molecule has 0 atom stereocenters. The van der Waals surface area contributed by atoms with E-state index in [2.05, 4.69) is 10.4 Å². The van der Waals surface area contributed by atoms with Gasteiger partial charge in [0.15, 0.2) is 0 Å². The van der Waals surface area contributed by atoms with Gasteiger partial charge in [-0.1, -0.05) is 0 Å². The quantitative estimate of drug-likeness (QED) is 0.869. The summed E-state index contributed by atoms with van der Waals surface area (Å²) in [7, 11) is 0. The lowest BCUT2D eigenvalue weighted by Gasteiger charge is -2.29. The van der Waals surface area contributed by atoms with Gasteiger partial charge in [0.2, 0.25) is 0 Å². The number of carbonyl (C=O) groups excluding carboxylic acids is 1. The average Bonchev–Trinajstić information content (AvgIpc) is 2.78. The van der Waals surface area contributed by atoms with Crippen LogP contribution < -0.4 is 5.32 Å². The van der Waals surface area contributed by atoms with Crippen molar-refractivity contribution in [2.75, 3.05) is 16.8 Å². The molecule has 1 aliphatic heterocycles. The summed E-state index contributed by atoms with van der Waals surface area (Å²) in [6.45, 7) is 6.12. The summed E-state index contributed by atoms with van der Waals surface area (Å²) in [6.07, 6.45) is 4.43. The number of nitrogens with one attached hydrogen (secondary N) is 1. The van der Waals surface area contributed by atoms with E-state index in [1.807, 2.05) is 20.8 Å². The van der Waals surface area contributed by atoms with Crippen molar-refractivity contribution in [3.63, 3.8) is 0 Å². The van der Waals surface area contributed by atoms with E-state index in [4.69, 9.17) is 0 Å². The topological polar surface area (TPSA) is 67.2 Å². The van der Waals surface area contributed by atoms with E-state index in [9.17, 15) is 9.90 Å². The van der Waals surface area contributed by atoms with Gasteiger partial charge in [-0.2, -0.15) is 16.9 Å². The first-order valence-electron chi connectivity index (χ1n) is 6.48. The summed E-state index contributed by atoms with van der Waals surface area (Å²) >= 11 is 1.77. The Balaban J connectivity index is 2.04. The van der Waals surface area contributed by atoms with Crippen molar-refractivity contribution in [3.05, 3.63) is 12.4 Å². The lowest BCUT2D eigenvalue weighted by Crippen LogP contribution is -2.45. The monoisotopic (exact) mass is 283 g/mol. The number of nitrogens with zero attached hydrogens (tertiary/aromatic N) is 2. The fourth-order valence-corrected chi connectivity index (χ4v) is 3.11. The molecule has 1 fully saturated rings. The number of aliphatic hydroxyl groups is 1. The van der Waals surface area contributed by atoms with Gasteiger partial charge in [0.05, 0.1) is 17.4 Å². The van der Waals surface area contributed by atoms with Gasteiger partial charge >= 0.3 is 0 Å². The van der Waals surface area contributed by atoms with Crippen LogP contribution in [0.3, 0.4) is 0 Å². The molecule has 2 rings (SSSR count). The third kappa shape index (κ3) is 3.30. The standard InChI is InChI=1S/C13H21N3O2S/c1-12(2,3)16-9-10(8-14-16)15-11(17)13(18)4-6-19-7-5-13/h8-9,18H,4-7H2,1-3H3,(H,15,17). The second-order valence-corrected chi connectivity index (χ2v) is 7.17. The van der Waals surface area contributed by atoms with E-state index in [0.717, 1.165) is 11.5 Å². The van der Waals surface area contributed by atoms with Crippen LogP contribution in [0.15, 0.2) is 12.4 Å². The largest absolute Gasteiger partial charge is 0.380 e. The van der Waals surface area contributed by atoms with Gasteiger partial charge in [0.25, 0.3) is 5.91 Å². The SMILES string of the molecule is CC(C)(C)n1cc(NC(=O)C2(O)CCSCC2)cn1. The lowest BCUT2D eigenvalue weighted by atomic mass is 9.96. The van der Waals surface area contributed by atoms with E-state index in [-0.39, 0.29) is 11.4 Å². The van der Waals surface area contributed by atoms with Crippen molar-refractivity contribution in [2.24, 2.45) is 0 Å². The molecule has 0 saturated carbocycles. The summed E-state index contributed by atoms with van der Waals surface area (Å²) in [5, 5.41) is 17.3. The molecule has 0 aromatic carbocycles. The Hall–Kier alpha value is -1.01. The van der Waals surface area contributed by atoms with Crippen LogP contribution in [0.4, 0.5) is 5.69 Å². The molecule has 0 spiro atoms. The van der Waals surface area contributed by atoms with E-state index in [1.54, 1.807) is 28.8 Å². The number of aromatic nitrogens is 2. The van der Waals surface area contributed by atoms with Gasteiger partial charge < -0.3 is 10.4 Å². The molecular formula is C13H21N3O2S. The molecule has 0 bridgehead atoms. The zero-order chi connectivity index (χ0) is 14.1. The van der Waals surface area contributed by atoms with E-state index in [0.29, 0.717) is 18.5 Å². The maximum absolute atomic E-state index is 12.1. The number of rotatable bonds is 2. The minimum atomic E-state index is -1.23. The van der Waals surface area contributed by atoms with Gasteiger partial charge in [-0.15, -0.1) is 0 Å². The third-order valence-electron chi connectivity index (χ3n) is 3.27. The molecule has 1 aromatic rings. The second kappa shape index (κ2) is 5.17. The summed E-state index contributed by atoms with van der Waals surface area (Å²) in [6, 6.07) is 0. The van der Waals surface area contributed by atoms with Crippen LogP contribution in [-0.2, 0) is 10.3 Å². The molecule has 1 amide bonds. The highest BCUT2D eigenvalue weighted by Gasteiger charge is 2.37. The molecule has 1 aromatic heterocycles. The Morgan fingerprint density at radius 2 is 2.11 bits per heavy atom. The molecular weight excluding hydrogens is 262 g/mol. The second-order valence-electron chi connectivity index (χ2n) is 5.94. The predicted molar refractivity (Wildman–Crippen MR) is 77.4 cm³/mol. The first kappa shape index (κ1) is 14.4. The Bertz CT molecular complexity index is 459. The highest BCUT2D eigenvalue weighted by Crippen LogP contribution is 2.28. The normalized spacial score (nSPS) is 19.2. The Morgan fingerprint density at radius 1 is 1.47 bits per heavy atom. The third-order valence-corrected chi connectivity index (χ3v) is 4.26. The van der Waals surface area contributed by atoms with E-state index in [1.165, 1.54) is 0 Å². The summed E-state index contributed by atoms with van der Waals surface area (Å²) in [5.74, 6) is 1.33. The molecule has 106 valence electrons. The van der Waals surface area contributed by atoms with Crippen LogP contribution in [-0.4, -0.2) is 37.9 Å². The molecule has 0 radical (unpaired) electrons. The van der Waals surface area contributed by atoms with Crippen LogP contribution >= 0.6 is 11.8 Å². The number of amides is 1. The van der Waals surface area contributed by atoms with Crippen molar-refractivity contribution in [3.8, 4) is 0 Å². The minimum Gasteiger partial charge on any atom is -0.380 e. The smallest absolute Gasteiger partial charge is 0.256 e. The van der Waals surface area contributed by atoms with Crippen LogP contribution in [0.2, 0.25) is 0 Å². The number of hydrogen-bond acceptors (Lipinski definition) is 4. The first-order chi connectivity index (χ1) is 8.81. The number of anilines is 1. The van der Waals surface area contributed by atoms with Gasteiger partial charge in [0, 0.05) is 6.20 Å². The van der Waals surface area contributed by atoms with Gasteiger partial charge in [-0.3, -0.25) is 9.48 Å². The van der Waals surface area contributed by atoms with Crippen molar-refractivity contribution in [1.82, 2.24) is 9.78 Å². The number of hydrogen-bond donors (Lipinski definition) is 2. The maximum Gasteiger partial charge on any atom is 0.256 e. The molecule has 0 aliphatic carbocycles. The molecule has 6 heteroatoms. The lowest BCUT2D eigenvalue weighted by molar-refractivity contribution is -0.134. The number of thioether (sulfide) groups is 1. The highest BCUT2D eigenvalue weighted by molar-refractivity contribution is 7.99. The summed E-state index contributed by atoms with van der Waals surface area (Å²) < 4.78 is 1.80. The van der Waals surface area contributed by atoms with E-state index >= 15 is 0 Å². The average molecular weight is 283 g/mol. The fraction of sp³-hybridized carbons (Fsp3) is 0.692. The van der Waals surface area contributed by atoms with Gasteiger partial charge in [-0.25, -0.2) is 0 Å². The molecule has 2 heterocycles. The Kier molecular flexibility index (Phi) is 3.92. The van der Waals surface area contributed by atoms with Gasteiger partial charge in [0.1, 0.15) is 5.60 Å². The Morgan fingerprint density at radius 3 is 2.63 bits per heavy atom. The number of carbonyl (C=O) groups is 1. The molecule has 1 saturated heterocycles. The van der Waals surface area contributed by atoms with Crippen LogP contribution in [0, 0.1) is 0 Å². The highest BCUT2D eigenvalue weighted by atomic mass is 32.2. The van der Waals surface area contributed by atoms with Crippen molar-refractivity contribution < 1.29 is 9.90 Å². The van der Waals surface area contributed by atoms with Crippen molar-refractivity contribution >= 4 is 23.4 Å². The van der Waals surface area contributed by atoms with Crippen LogP contribution in [0.25, 0.3) is 0 Å². The zero-order valence-corrected chi connectivity index (χ0v) is 12.5. The molecule has 19 heavy (non-hydrogen) atoms. The summed E-state index contributed by atoms with van der Waals surface area (Å²) in [5.41, 5.74) is -0.720. The van der Waals surface area contributed by atoms with Gasteiger partial charge in [-0.05, 0) is 45.1 Å². The zero-order valence-electron chi connectivity index (χ0n) is 11.6. The van der Waals surface area contributed by atoms with Crippen LogP contribution in [0.5, 0.6) is 0 Å².